The molecule has 0 radical (unpaired) electrons. The van der Waals surface area contributed by atoms with E-state index in [-0.39, 0.29) is 12.4 Å². The summed E-state index contributed by atoms with van der Waals surface area (Å²) in [4.78, 5) is 8.84. The van der Waals surface area contributed by atoms with Crippen molar-refractivity contribution < 1.29 is 18.3 Å². The molecule has 1 fully saturated rings. The summed E-state index contributed by atoms with van der Waals surface area (Å²) in [5.41, 5.74) is 3.50. The fourth-order valence-electron chi connectivity index (χ4n) is 4.16. The van der Waals surface area contributed by atoms with Crippen LogP contribution in [-0.2, 0) is 10.0 Å². The number of piperazine rings is 1. The summed E-state index contributed by atoms with van der Waals surface area (Å²) in [7, 11) is -3.42. The van der Waals surface area contributed by atoms with Gasteiger partial charge < -0.3 is 9.84 Å². The molecule has 0 amide bonds. The zero-order valence-corrected chi connectivity index (χ0v) is 22.2. The minimum Gasteiger partial charge on any atom is -0.491 e. The van der Waals surface area contributed by atoms with Crippen LogP contribution in [0.25, 0.3) is 10.2 Å². The Morgan fingerprint density at radius 3 is 2.60 bits per heavy atom. The zero-order valence-electron chi connectivity index (χ0n) is 20.5. The molecule has 0 aliphatic carbocycles. The molecule has 3 aromatic rings. The number of hydrogen-bond acceptors (Lipinski definition) is 8. The first-order valence-electron chi connectivity index (χ1n) is 11.9. The Labute approximate surface area is 211 Å². The molecule has 2 N–H and O–H groups in total. The quantitative estimate of drug-likeness (QED) is 0.426. The predicted octanol–water partition coefficient (Wildman–Crippen LogP) is 3.02. The molecule has 190 valence electrons. The number of aromatic nitrogens is 1. The molecule has 1 aliphatic heterocycles. The van der Waals surface area contributed by atoms with Gasteiger partial charge in [0.25, 0.3) is 0 Å². The van der Waals surface area contributed by atoms with Gasteiger partial charge in [0.2, 0.25) is 10.0 Å². The summed E-state index contributed by atoms with van der Waals surface area (Å²) < 4.78 is 34.8. The van der Waals surface area contributed by atoms with Crippen molar-refractivity contribution in [3.63, 3.8) is 0 Å². The Balaban J connectivity index is 1.17. The number of rotatable bonds is 10. The van der Waals surface area contributed by atoms with Gasteiger partial charge in [-0.05, 0) is 50.1 Å². The average Bonchev–Trinajstić information content (AvgIpc) is 3.19. The van der Waals surface area contributed by atoms with Crippen LogP contribution in [0.3, 0.4) is 0 Å². The molecule has 2 aromatic carbocycles. The summed E-state index contributed by atoms with van der Waals surface area (Å²) in [5.74, 6) is 0.766. The minimum atomic E-state index is -3.42. The number of nitrogens with zero attached hydrogens (tertiary/aromatic N) is 3. The van der Waals surface area contributed by atoms with Crippen LogP contribution in [0.1, 0.15) is 16.1 Å². The zero-order chi connectivity index (χ0) is 25.0. The van der Waals surface area contributed by atoms with Crippen molar-refractivity contribution in [2.45, 2.75) is 26.9 Å². The van der Waals surface area contributed by atoms with Crippen molar-refractivity contribution in [2.75, 3.05) is 56.4 Å². The number of nitrogens with one attached hydrogen (secondary N) is 1. The summed E-state index contributed by atoms with van der Waals surface area (Å²) in [6.45, 7) is 10.2. The Morgan fingerprint density at radius 1 is 1.09 bits per heavy atom. The number of aliphatic hydroxyl groups excluding tert-OH is 1. The molecule has 10 heteroatoms. The molecule has 0 bridgehead atoms. The number of anilines is 1. The normalized spacial score (nSPS) is 16.5. The topological polar surface area (TPSA) is 95.0 Å². The van der Waals surface area contributed by atoms with Gasteiger partial charge in [0, 0.05) is 45.3 Å². The number of ether oxygens (including phenoxy) is 1. The number of β-amino-alcohol motifs (C(OH)–C–C–N with tert-alkyl or cyclic N) is 1. The summed E-state index contributed by atoms with van der Waals surface area (Å²) in [6.07, 6.45) is -0.600. The number of aryl methyl sites for hydroxylation is 3. The van der Waals surface area contributed by atoms with Crippen molar-refractivity contribution in [1.82, 2.24) is 14.8 Å². The van der Waals surface area contributed by atoms with Crippen LogP contribution in [0.5, 0.6) is 5.75 Å². The molecule has 8 nitrogen and oxygen atoms in total. The Hall–Kier alpha value is -2.24. The number of sulfonamides is 1. The van der Waals surface area contributed by atoms with Crippen LogP contribution >= 0.6 is 11.3 Å². The van der Waals surface area contributed by atoms with E-state index in [1.807, 2.05) is 57.2 Å². The first-order valence-corrected chi connectivity index (χ1v) is 14.3. The third kappa shape index (κ3) is 7.37. The highest BCUT2D eigenvalue weighted by Gasteiger charge is 2.21. The van der Waals surface area contributed by atoms with E-state index < -0.39 is 16.1 Å². The van der Waals surface area contributed by atoms with E-state index in [0.717, 1.165) is 52.5 Å². The van der Waals surface area contributed by atoms with Crippen LogP contribution < -0.4 is 9.46 Å². The molecule has 0 unspecified atom stereocenters. The van der Waals surface area contributed by atoms with Gasteiger partial charge in [0.05, 0.1) is 26.7 Å². The lowest BCUT2D eigenvalue weighted by Crippen LogP contribution is -2.50. The fourth-order valence-corrected chi connectivity index (χ4v) is 6.13. The van der Waals surface area contributed by atoms with E-state index >= 15 is 0 Å². The fraction of sp³-hybridized carbons (Fsp3) is 0.480. The first-order chi connectivity index (χ1) is 16.7. The van der Waals surface area contributed by atoms with Gasteiger partial charge in [-0.25, -0.2) is 13.4 Å². The van der Waals surface area contributed by atoms with Crippen LogP contribution in [-0.4, -0.2) is 86.0 Å². The van der Waals surface area contributed by atoms with Gasteiger partial charge in [0.1, 0.15) is 18.5 Å². The summed E-state index contributed by atoms with van der Waals surface area (Å²) >= 11 is 1.65. The second-order valence-electron chi connectivity index (χ2n) is 9.21. The lowest BCUT2D eigenvalue weighted by atomic mass is 10.1. The highest BCUT2D eigenvalue weighted by molar-refractivity contribution is 7.92. The van der Waals surface area contributed by atoms with Crippen molar-refractivity contribution >= 4 is 37.3 Å². The minimum absolute atomic E-state index is 0.0553. The van der Waals surface area contributed by atoms with Crippen LogP contribution in [0.4, 0.5) is 5.69 Å². The van der Waals surface area contributed by atoms with Crippen molar-refractivity contribution in [2.24, 2.45) is 0 Å². The molecule has 2 heterocycles. The van der Waals surface area contributed by atoms with Crippen LogP contribution in [0, 0.1) is 20.8 Å². The van der Waals surface area contributed by atoms with Crippen molar-refractivity contribution in [3.05, 3.63) is 52.5 Å². The smallest absolute Gasteiger partial charge is 0.233 e. The SMILES string of the molecule is Cc1ccc(C)c(NS(=O)(=O)CCN2CCN(C[C@@H](O)COc3ccc4sc(C)nc4c3)CC2)c1. The number of thiazole rings is 1. The van der Waals surface area contributed by atoms with E-state index in [1.165, 1.54) is 0 Å². The second-order valence-corrected chi connectivity index (χ2v) is 12.3. The molecule has 35 heavy (non-hydrogen) atoms. The molecular weight excluding hydrogens is 484 g/mol. The van der Waals surface area contributed by atoms with Gasteiger partial charge >= 0.3 is 0 Å². The molecule has 0 saturated carbocycles. The average molecular weight is 519 g/mol. The Morgan fingerprint density at radius 2 is 1.83 bits per heavy atom. The van der Waals surface area contributed by atoms with E-state index in [1.54, 1.807) is 11.3 Å². The molecule has 1 aliphatic rings. The van der Waals surface area contributed by atoms with E-state index in [4.69, 9.17) is 4.74 Å². The van der Waals surface area contributed by atoms with E-state index in [2.05, 4.69) is 19.5 Å². The second kappa shape index (κ2) is 11.2. The summed E-state index contributed by atoms with van der Waals surface area (Å²) in [5, 5.41) is 11.5. The highest BCUT2D eigenvalue weighted by atomic mass is 32.2. The van der Waals surface area contributed by atoms with E-state index in [0.29, 0.717) is 24.5 Å². The Bertz CT molecular complexity index is 1250. The van der Waals surface area contributed by atoms with Gasteiger partial charge in [-0.3, -0.25) is 14.5 Å². The summed E-state index contributed by atoms with van der Waals surface area (Å²) in [6, 6.07) is 11.6. The maximum absolute atomic E-state index is 12.6. The Kier molecular flexibility index (Phi) is 8.28. The van der Waals surface area contributed by atoms with Gasteiger partial charge in [-0.2, -0.15) is 0 Å². The largest absolute Gasteiger partial charge is 0.491 e. The predicted molar refractivity (Wildman–Crippen MR) is 142 cm³/mol. The first kappa shape index (κ1) is 25.8. The molecule has 1 aromatic heterocycles. The number of benzene rings is 2. The lowest BCUT2D eigenvalue weighted by Gasteiger charge is -2.35. The maximum atomic E-state index is 12.6. The van der Waals surface area contributed by atoms with Gasteiger partial charge in [0.15, 0.2) is 0 Å². The molecule has 1 atom stereocenters. The maximum Gasteiger partial charge on any atom is 0.233 e. The molecule has 0 spiro atoms. The van der Waals surface area contributed by atoms with Crippen LogP contribution in [0.15, 0.2) is 36.4 Å². The van der Waals surface area contributed by atoms with Crippen LogP contribution in [0.2, 0.25) is 0 Å². The lowest BCUT2D eigenvalue weighted by molar-refractivity contribution is 0.0472. The monoisotopic (exact) mass is 518 g/mol. The third-order valence-electron chi connectivity index (χ3n) is 6.18. The van der Waals surface area contributed by atoms with Gasteiger partial charge in [-0.15, -0.1) is 11.3 Å². The number of hydrogen-bond donors (Lipinski definition) is 2. The van der Waals surface area contributed by atoms with Crippen molar-refractivity contribution in [3.8, 4) is 5.75 Å². The third-order valence-corrected chi connectivity index (χ3v) is 8.38. The van der Waals surface area contributed by atoms with Crippen molar-refractivity contribution in [1.29, 1.82) is 0 Å². The molecular formula is C25H34N4O4S2. The molecule has 1 saturated heterocycles. The number of aliphatic hydroxyl groups is 1. The molecule has 4 rings (SSSR count). The van der Waals surface area contributed by atoms with E-state index in [9.17, 15) is 13.5 Å². The standard InChI is InChI=1S/C25H34N4O4S2/c1-18-4-5-19(2)23(14-18)27-35(31,32)13-12-28-8-10-29(11-9-28)16-21(30)17-33-22-6-7-25-24(15-22)26-20(3)34-25/h4-7,14-15,21,27,30H,8-13,16-17H2,1-3H3/t21-/m1/s1. The highest BCUT2D eigenvalue weighted by Crippen LogP contribution is 2.25. The number of fused-ring (bicyclic) bond motifs is 1. The van der Waals surface area contributed by atoms with Gasteiger partial charge in [-0.1, -0.05) is 12.1 Å².